The minimum Gasteiger partial charge on any atom is -0.376 e. The number of nitrogens with one attached hydrogen (secondary N) is 1. The molecule has 1 saturated heterocycles. The van der Waals surface area contributed by atoms with Gasteiger partial charge in [-0.2, -0.15) is 0 Å². The summed E-state index contributed by atoms with van der Waals surface area (Å²) in [5.74, 6) is 0.632. The Labute approximate surface area is 117 Å². The highest BCUT2D eigenvalue weighted by Crippen LogP contribution is 2.33. The monoisotopic (exact) mass is 261 g/mol. The molecule has 19 heavy (non-hydrogen) atoms. The molecule has 2 heteroatoms. The van der Waals surface area contributed by atoms with Crippen LogP contribution in [0, 0.1) is 5.92 Å². The van der Waals surface area contributed by atoms with Crippen LogP contribution in [-0.4, -0.2) is 19.8 Å². The molecule has 1 aromatic rings. The molecule has 3 atom stereocenters. The van der Waals surface area contributed by atoms with Crippen molar-refractivity contribution >= 4 is 0 Å². The van der Waals surface area contributed by atoms with Crippen molar-refractivity contribution in [2.45, 2.75) is 52.2 Å². The third kappa shape index (κ3) is 3.01. The van der Waals surface area contributed by atoms with Crippen molar-refractivity contribution in [1.82, 2.24) is 5.32 Å². The van der Waals surface area contributed by atoms with E-state index in [4.69, 9.17) is 4.74 Å². The zero-order chi connectivity index (χ0) is 13.8. The molecule has 2 nitrogen and oxygen atoms in total. The molecule has 0 amide bonds. The first kappa shape index (κ1) is 14.5. The van der Waals surface area contributed by atoms with Gasteiger partial charge in [0.15, 0.2) is 0 Å². The van der Waals surface area contributed by atoms with E-state index >= 15 is 0 Å². The summed E-state index contributed by atoms with van der Waals surface area (Å²) in [5.41, 5.74) is 4.29. The fourth-order valence-corrected chi connectivity index (χ4v) is 3.12. The van der Waals surface area contributed by atoms with Crippen LogP contribution in [0.15, 0.2) is 18.2 Å². The lowest BCUT2D eigenvalue weighted by atomic mass is 9.88. The van der Waals surface area contributed by atoms with Gasteiger partial charge >= 0.3 is 0 Å². The van der Waals surface area contributed by atoms with E-state index in [-0.39, 0.29) is 0 Å². The summed E-state index contributed by atoms with van der Waals surface area (Å²) in [5, 5.41) is 3.49. The van der Waals surface area contributed by atoms with Crippen LogP contribution in [0.25, 0.3) is 0 Å². The van der Waals surface area contributed by atoms with Gasteiger partial charge in [0.1, 0.15) is 0 Å². The van der Waals surface area contributed by atoms with Gasteiger partial charge < -0.3 is 10.1 Å². The molecule has 1 heterocycles. The Balaban J connectivity index is 2.35. The van der Waals surface area contributed by atoms with Crippen molar-refractivity contribution < 1.29 is 4.74 Å². The van der Waals surface area contributed by atoms with Gasteiger partial charge in [-0.15, -0.1) is 0 Å². The van der Waals surface area contributed by atoms with Gasteiger partial charge in [-0.05, 0) is 48.9 Å². The summed E-state index contributed by atoms with van der Waals surface area (Å²) in [6.45, 7) is 7.65. The summed E-state index contributed by atoms with van der Waals surface area (Å²) in [4.78, 5) is 0. The second-order valence-electron chi connectivity index (χ2n) is 5.61. The average Bonchev–Trinajstić information content (AvgIpc) is 2.86. The van der Waals surface area contributed by atoms with E-state index < -0.39 is 0 Å². The molecule has 0 bridgehead atoms. The molecule has 0 aliphatic carbocycles. The molecule has 1 fully saturated rings. The minimum absolute atomic E-state index is 0.308. The van der Waals surface area contributed by atoms with Gasteiger partial charge in [0, 0.05) is 6.61 Å². The van der Waals surface area contributed by atoms with Crippen LogP contribution < -0.4 is 5.32 Å². The van der Waals surface area contributed by atoms with Gasteiger partial charge in [0.25, 0.3) is 0 Å². The Kier molecular flexibility index (Phi) is 5.00. The van der Waals surface area contributed by atoms with Gasteiger partial charge in [-0.25, -0.2) is 0 Å². The van der Waals surface area contributed by atoms with Crippen LogP contribution in [0.4, 0.5) is 0 Å². The summed E-state index contributed by atoms with van der Waals surface area (Å²) in [7, 11) is 2.05. The van der Waals surface area contributed by atoms with E-state index in [0.29, 0.717) is 18.1 Å². The first-order valence-electron chi connectivity index (χ1n) is 7.61. The van der Waals surface area contributed by atoms with E-state index in [9.17, 15) is 0 Å². The number of benzene rings is 1. The number of likely N-dealkylation sites (N-methyl/N-ethyl adjacent to an activating group) is 1. The summed E-state index contributed by atoms with van der Waals surface area (Å²) < 4.78 is 5.98. The van der Waals surface area contributed by atoms with Crippen LogP contribution in [0.5, 0.6) is 0 Å². The number of hydrogen-bond acceptors (Lipinski definition) is 2. The van der Waals surface area contributed by atoms with Crippen LogP contribution >= 0.6 is 0 Å². The van der Waals surface area contributed by atoms with Crippen LogP contribution in [0.2, 0.25) is 0 Å². The zero-order valence-corrected chi connectivity index (χ0v) is 12.7. The number of hydrogen-bond donors (Lipinski definition) is 1. The van der Waals surface area contributed by atoms with E-state index in [1.54, 1.807) is 0 Å². The maximum absolute atomic E-state index is 5.98. The summed E-state index contributed by atoms with van der Waals surface area (Å²) >= 11 is 0. The Morgan fingerprint density at radius 1 is 1.32 bits per heavy atom. The molecule has 106 valence electrons. The van der Waals surface area contributed by atoms with Crippen molar-refractivity contribution in [3.8, 4) is 0 Å². The van der Waals surface area contributed by atoms with Crippen molar-refractivity contribution in [3.63, 3.8) is 0 Å². The molecule has 0 aromatic heterocycles. The van der Waals surface area contributed by atoms with Crippen molar-refractivity contribution in [2.75, 3.05) is 13.7 Å². The SMILES string of the molecule is CCc1ccc(CC)c(C(NC)C2OCCC2C)c1. The predicted molar refractivity (Wildman–Crippen MR) is 80.5 cm³/mol. The molecule has 2 rings (SSSR count). The Morgan fingerprint density at radius 2 is 2.11 bits per heavy atom. The van der Waals surface area contributed by atoms with E-state index in [2.05, 4.69) is 51.3 Å². The largest absolute Gasteiger partial charge is 0.376 e. The Hall–Kier alpha value is -0.860. The molecular formula is C17H27NO. The highest BCUT2D eigenvalue weighted by atomic mass is 16.5. The second-order valence-corrected chi connectivity index (χ2v) is 5.61. The second kappa shape index (κ2) is 6.53. The lowest BCUT2D eigenvalue weighted by molar-refractivity contribution is 0.0628. The molecule has 1 aromatic carbocycles. The quantitative estimate of drug-likeness (QED) is 0.876. The molecule has 3 unspecified atom stereocenters. The predicted octanol–water partition coefficient (Wildman–Crippen LogP) is 3.50. The van der Waals surface area contributed by atoms with Gasteiger partial charge in [0.05, 0.1) is 12.1 Å². The number of aryl methyl sites for hydroxylation is 2. The highest BCUT2D eigenvalue weighted by Gasteiger charge is 2.33. The normalized spacial score (nSPS) is 24.6. The van der Waals surface area contributed by atoms with Crippen molar-refractivity contribution in [2.24, 2.45) is 5.92 Å². The summed E-state index contributed by atoms with van der Waals surface area (Å²) in [6.07, 6.45) is 3.66. The Morgan fingerprint density at radius 3 is 2.63 bits per heavy atom. The molecule has 1 aliphatic heterocycles. The lowest BCUT2D eigenvalue weighted by Gasteiger charge is -2.28. The van der Waals surface area contributed by atoms with Crippen LogP contribution in [0.3, 0.4) is 0 Å². The van der Waals surface area contributed by atoms with Gasteiger partial charge in [-0.3, -0.25) is 0 Å². The highest BCUT2D eigenvalue weighted by molar-refractivity contribution is 5.35. The smallest absolute Gasteiger partial charge is 0.0795 e. The summed E-state index contributed by atoms with van der Waals surface area (Å²) in [6, 6.07) is 7.24. The van der Waals surface area contributed by atoms with E-state index in [0.717, 1.165) is 19.4 Å². The maximum Gasteiger partial charge on any atom is 0.0795 e. The molecule has 0 spiro atoms. The third-order valence-corrected chi connectivity index (χ3v) is 4.42. The zero-order valence-electron chi connectivity index (χ0n) is 12.7. The fourth-order valence-electron chi connectivity index (χ4n) is 3.12. The fraction of sp³-hybridized carbons (Fsp3) is 0.647. The molecular weight excluding hydrogens is 234 g/mol. The molecule has 0 saturated carbocycles. The molecule has 1 aliphatic rings. The van der Waals surface area contributed by atoms with Gasteiger partial charge in [-0.1, -0.05) is 39.0 Å². The van der Waals surface area contributed by atoms with Gasteiger partial charge in [0.2, 0.25) is 0 Å². The van der Waals surface area contributed by atoms with Crippen molar-refractivity contribution in [1.29, 1.82) is 0 Å². The molecule has 1 N–H and O–H groups in total. The van der Waals surface area contributed by atoms with Crippen LogP contribution in [0.1, 0.15) is 49.9 Å². The van der Waals surface area contributed by atoms with E-state index in [1.165, 1.54) is 23.1 Å². The number of rotatable bonds is 5. The number of ether oxygens (including phenoxy) is 1. The van der Waals surface area contributed by atoms with Crippen LogP contribution in [-0.2, 0) is 17.6 Å². The average molecular weight is 261 g/mol. The maximum atomic E-state index is 5.98. The first-order chi connectivity index (χ1) is 9.21. The minimum atomic E-state index is 0.308. The molecule has 0 radical (unpaired) electrons. The lowest BCUT2D eigenvalue weighted by Crippen LogP contribution is -2.33. The van der Waals surface area contributed by atoms with E-state index in [1.807, 2.05) is 0 Å². The Bertz CT molecular complexity index is 416. The standard InChI is InChI=1S/C17H27NO/c1-5-13-7-8-14(6-2)15(11-13)16(18-4)17-12(3)9-10-19-17/h7-8,11-12,16-18H,5-6,9-10H2,1-4H3. The third-order valence-electron chi connectivity index (χ3n) is 4.42. The topological polar surface area (TPSA) is 21.3 Å². The van der Waals surface area contributed by atoms with Crippen molar-refractivity contribution in [3.05, 3.63) is 34.9 Å². The first-order valence-corrected chi connectivity index (χ1v) is 7.61.